The molecule has 0 aliphatic rings. The average molecular weight is 433 g/mol. The standard InChI is InChI=1S/C24H21ClN4O2/c1-14-13-26-22(16(3)27-14)23(30)28-15(2)20-12-17-8-7-11-19(25)21(17)24(31)29(20)18-9-5-4-6-10-18/h4-13,15H,1-3H3,(H,28,30)/t15-/m0/s1. The summed E-state index contributed by atoms with van der Waals surface area (Å²) < 4.78 is 1.59. The summed E-state index contributed by atoms with van der Waals surface area (Å²) in [7, 11) is 0. The van der Waals surface area contributed by atoms with Crippen LogP contribution in [0, 0.1) is 13.8 Å². The lowest BCUT2D eigenvalue weighted by Crippen LogP contribution is -2.33. The van der Waals surface area contributed by atoms with Gasteiger partial charge in [0, 0.05) is 17.6 Å². The van der Waals surface area contributed by atoms with Crippen molar-refractivity contribution in [3.05, 3.63) is 98.9 Å². The van der Waals surface area contributed by atoms with Gasteiger partial charge in [-0.2, -0.15) is 0 Å². The number of amides is 1. The highest BCUT2D eigenvalue weighted by atomic mass is 35.5. The number of pyridine rings is 1. The summed E-state index contributed by atoms with van der Waals surface area (Å²) in [4.78, 5) is 34.9. The maximum Gasteiger partial charge on any atom is 0.272 e. The highest BCUT2D eigenvalue weighted by Crippen LogP contribution is 2.25. The van der Waals surface area contributed by atoms with E-state index in [0.717, 1.165) is 5.69 Å². The minimum atomic E-state index is -0.480. The molecule has 0 aliphatic carbocycles. The fourth-order valence-electron chi connectivity index (χ4n) is 3.66. The van der Waals surface area contributed by atoms with Crippen molar-refractivity contribution in [1.29, 1.82) is 0 Å². The van der Waals surface area contributed by atoms with Gasteiger partial charge in [-0.25, -0.2) is 4.98 Å². The molecule has 0 bridgehead atoms. The first-order chi connectivity index (χ1) is 14.9. The quantitative estimate of drug-likeness (QED) is 0.513. The second-order valence-electron chi connectivity index (χ2n) is 7.39. The summed E-state index contributed by atoms with van der Waals surface area (Å²) in [6.45, 7) is 5.40. The van der Waals surface area contributed by atoms with Gasteiger partial charge in [-0.15, -0.1) is 0 Å². The number of carbonyl (C=O) groups is 1. The zero-order chi connectivity index (χ0) is 22.1. The molecule has 0 radical (unpaired) electrons. The SMILES string of the molecule is Cc1cnc(C(=O)N[C@@H](C)c2cc3cccc(Cl)c3c(=O)n2-c2ccccc2)c(C)n1. The summed E-state index contributed by atoms with van der Waals surface area (Å²) in [5, 5.41) is 4.50. The number of benzene rings is 2. The van der Waals surface area contributed by atoms with E-state index in [2.05, 4.69) is 15.3 Å². The lowest BCUT2D eigenvalue weighted by atomic mass is 10.1. The van der Waals surface area contributed by atoms with Crippen LogP contribution in [0.5, 0.6) is 0 Å². The molecule has 2 heterocycles. The predicted octanol–water partition coefficient (Wildman–Crippen LogP) is 4.54. The number of halogens is 1. The van der Waals surface area contributed by atoms with Crippen LogP contribution in [0.2, 0.25) is 5.02 Å². The van der Waals surface area contributed by atoms with Crippen molar-refractivity contribution in [3.63, 3.8) is 0 Å². The molecule has 7 heteroatoms. The van der Waals surface area contributed by atoms with E-state index in [1.807, 2.05) is 56.3 Å². The van der Waals surface area contributed by atoms with E-state index in [9.17, 15) is 9.59 Å². The first-order valence-electron chi connectivity index (χ1n) is 9.87. The number of nitrogens with zero attached hydrogens (tertiary/aromatic N) is 3. The highest BCUT2D eigenvalue weighted by Gasteiger charge is 2.21. The molecule has 1 atom stereocenters. The van der Waals surface area contributed by atoms with Gasteiger partial charge in [0.15, 0.2) is 0 Å². The van der Waals surface area contributed by atoms with Gasteiger partial charge in [0.2, 0.25) is 0 Å². The van der Waals surface area contributed by atoms with Crippen LogP contribution in [-0.2, 0) is 0 Å². The number of hydrogen-bond donors (Lipinski definition) is 1. The Morgan fingerprint density at radius 1 is 1.10 bits per heavy atom. The third kappa shape index (κ3) is 3.94. The van der Waals surface area contributed by atoms with Gasteiger partial charge in [-0.1, -0.05) is 41.9 Å². The lowest BCUT2D eigenvalue weighted by molar-refractivity contribution is 0.0932. The number of hydrogen-bond acceptors (Lipinski definition) is 4. The van der Waals surface area contributed by atoms with E-state index in [1.165, 1.54) is 0 Å². The summed E-state index contributed by atoms with van der Waals surface area (Å²) in [6.07, 6.45) is 1.56. The Hall–Kier alpha value is -3.51. The molecule has 31 heavy (non-hydrogen) atoms. The third-order valence-corrected chi connectivity index (χ3v) is 5.43. The first kappa shape index (κ1) is 20.8. The van der Waals surface area contributed by atoms with Crippen molar-refractivity contribution in [3.8, 4) is 5.69 Å². The third-order valence-electron chi connectivity index (χ3n) is 5.11. The van der Waals surface area contributed by atoms with Crippen molar-refractivity contribution >= 4 is 28.3 Å². The molecule has 156 valence electrons. The molecule has 0 spiro atoms. The van der Waals surface area contributed by atoms with Crippen LogP contribution in [0.4, 0.5) is 0 Å². The number of aryl methyl sites for hydroxylation is 2. The molecular weight excluding hydrogens is 412 g/mol. The van der Waals surface area contributed by atoms with Gasteiger partial charge in [0.05, 0.1) is 27.8 Å². The van der Waals surface area contributed by atoms with E-state index < -0.39 is 6.04 Å². The fraction of sp³-hybridized carbons (Fsp3) is 0.167. The second-order valence-corrected chi connectivity index (χ2v) is 7.80. The molecule has 0 saturated heterocycles. The molecular formula is C24H21ClN4O2. The van der Waals surface area contributed by atoms with Gasteiger partial charge in [0.1, 0.15) is 5.69 Å². The summed E-state index contributed by atoms with van der Waals surface area (Å²) in [6, 6.07) is 16.0. The van der Waals surface area contributed by atoms with Crippen molar-refractivity contribution in [2.24, 2.45) is 0 Å². The van der Waals surface area contributed by atoms with E-state index in [0.29, 0.717) is 32.9 Å². The van der Waals surface area contributed by atoms with Crippen LogP contribution in [0.3, 0.4) is 0 Å². The summed E-state index contributed by atoms with van der Waals surface area (Å²) in [5.74, 6) is -0.351. The van der Waals surface area contributed by atoms with E-state index >= 15 is 0 Å². The Morgan fingerprint density at radius 2 is 1.84 bits per heavy atom. The number of rotatable bonds is 4. The van der Waals surface area contributed by atoms with Crippen LogP contribution in [0.25, 0.3) is 16.5 Å². The van der Waals surface area contributed by atoms with Crippen LogP contribution in [0.15, 0.2) is 65.6 Å². The molecule has 4 aromatic rings. The molecule has 0 unspecified atom stereocenters. The van der Waals surface area contributed by atoms with E-state index in [1.54, 1.807) is 29.8 Å². The average Bonchev–Trinajstić information content (AvgIpc) is 2.74. The number of fused-ring (bicyclic) bond motifs is 1. The lowest BCUT2D eigenvalue weighted by Gasteiger charge is -2.21. The summed E-state index contributed by atoms with van der Waals surface area (Å²) in [5.41, 5.74) is 2.64. The smallest absolute Gasteiger partial charge is 0.272 e. The van der Waals surface area contributed by atoms with Crippen molar-refractivity contribution in [2.45, 2.75) is 26.8 Å². The molecule has 1 N–H and O–H groups in total. The Labute approximate surface area is 184 Å². The van der Waals surface area contributed by atoms with Gasteiger partial charge in [-0.05, 0) is 50.4 Å². The Morgan fingerprint density at radius 3 is 2.55 bits per heavy atom. The second kappa shape index (κ2) is 8.32. The van der Waals surface area contributed by atoms with Gasteiger partial charge < -0.3 is 5.32 Å². The maximum absolute atomic E-state index is 13.5. The summed E-state index contributed by atoms with van der Waals surface area (Å²) >= 11 is 6.35. The van der Waals surface area contributed by atoms with Crippen LogP contribution in [0.1, 0.15) is 40.5 Å². The molecule has 2 aromatic heterocycles. The number of para-hydroxylation sites is 1. The van der Waals surface area contributed by atoms with Crippen molar-refractivity contribution in [2.75, 3.05) is 0 Å². The monoisotopic (exact) mass is 432 g/mol. The predicted molar refractivity (Wildman–Crippen MR) is 122 cm³/mol. The number of aromatic nitrogens is 3. The Kier molecular flexibility index (Phi) is 5.57. The normalized spacial score (nSPS) is 12.0. The van der Waals surface area contributed by atoms with Crippen LogP contribution in [-0.4, -0.2) is 20.4 Å². The zero-order valence-electron chi connectivity index (χ0n) is 17.4. The molecule has 2 aromatic carbocycles. The largest absolute Gasteiger partial charge is 0.343 e. The minimum absolute atomic E-state index is 0.239. The van der Waals surface area contributed by atoms with Crippen molar-refractivity contribution in [1.82, 2.24) is 19.9 Å². The zero-order valence-corrected chi connectivity index (χ0v) is 18.1. The molecule has 0 saturated carbocycles. The minimum Gasteiger partial charge on any atom is -0.343 e. The number of carbonyl (C=O) groups excluding carboxylic acids is 1. The molecule has 4 rings (SSSR count). The molecule has 0 aliphatic heterocycles. The number of nitrogens with one attached hydrogen (secondary N) is 1. The first-order valence-corrected chi connectivity index (χ1v) is 10.3. The fourth-order valence-corrected chi connectivity index (χ4v) is 3.92. The Balaban J connectivity index is 1.84. The van der Waals surface area contributed by atoms with Crippen molar-refractivity contribution < 1.29 is 4.79 Å². The molecule has 6 nitrogen and oxygen atoms in total. The topological polar surface area (TPSA) is 76.9 Å². The van der Waals surface area contributed by atoms with Gasteiger partial charge in [-0.3, -0.25) is 19.1 Å². The Bertz CT molecular complexity index is 1350. The maximum atomic E-state index is 13.5. The molecule has 1 amide bonds. The van der Waals surface area contributed by atoms with Gasteiger partial charge >= 0.3 is 0 Å². The van der Waals surface area contributed by atoms with Crippen LogP contribution < -0.4 is 10.9 Å². The van der Waals surface area contributed by atoms with Gasteiger partial charge in [0.25, 0.3) is 11.5 Å². The molecule has 0 fully saturated rings. The van der Waals surface area contributed by atoms with E-state index in [4.69, 9.17) is 11.6 Å². The van der Waals surface area contributed by atoms with E-state index in [-0.39, 0.29) is 17.2 Å². The van der Waals surface area contributed by atoms with Crippen LogP contribution >= 0.6 is 11.6 Å². The highest BCUT2D eigenvalue weighted by molar-refractivity contribution is 6.35.